The molecule has 0 bridgehead atoms. The van der Waals surface area contributed by atoms with Crippen LogP contribution >= 0.6 is 0 Å². The van der Waals surface area contributed by atoms with Gasteiger partial charge in [0.25, 0.3) is 11.7 Å². The average Bonchev–Trinajstić information content (AvgIpc) is 3.27. The van der Waals surface area contributed by atoms with Gasteiger partial charge in [0.1, 0.15) is 23.9 Å². The van der Waals surface area contributed by atoms with Gasteiger partial charge < -0.3 is 19.5 Å². The SMILES string of the molecule is CCN(CC)C(=O)C(=O)c1cn(CC(=O)Nc2cc(Oc3ccc(F)cc3)cc(C(F)(F)F)c2)c2ccccc12. The zero-order chi connectivity index (χ0) is 29.0. The van der Waals surface area contributed by atoms with E-state index >= 15 is 0 Å². The molecule has 7 nitrogen and oxygen atoms in total. The van der Waals surface area contributed by atoms with Crippen molar-refractivity contribution in [3.63, 3.8) is 0 Å². The number of aromatic nitrogens is 1. The van der Waals surface area contributed by atoms with Gasteiger partial charge in [-0.2, -0.15) is 13.2 Å². The molecule has 208 valence electrons. The number of benzene rings is 3. The van der Waals surface area contributed by atoms with E-state index in [9.17, 15) is 31.9 Å². The van der Waals surface area contributed by atoms with Crippen LogP contribution in [0.5, 0.6) is 11.5 Å². The maximum Gasteiger partial charge on any atom is 0.416 e. The van der Waals surface area contributed by atoms with Gasteiger partial charge in [0.05, 0.1) is 11.1 Å². The number of carbonyl (C=O) groups is 3. The van der Waals surface area contributed by atoms with Gasteiger partial charge in [0.2, 0.25) is 5.91 Å². The van der Waals surface area contributed by atoms with E-state index in [1.54, 1.807) is 38.1 Å². The Balaban J connectivity index is 1.60. The Morgan fingerprint density at radius 1 is 0.925 bits per heavy atom. The number of ether oxygens (including phenoxy) is 1. The Kier molecular flexibility index (Phi) is 8.22. The third-order valence-electron chi connectivity index (χ3n) is 6.16. The van der Waals surface area contributed by atoms with Crippen molar-refractivity contribution in [3.05, 3.63) is 89.9 Å². The molecule has 0 aliphatic heterocycles. The Labute approximate surface area is 227 Å². The molecule has 0 atom stereocenters. The minimum Gasteiger partial charge on any atom is -0.457 e. The third kappa shape index (κ3) is 6.31. The molecule has 3 aromatic carbocycles. The topological polar surface area (TPSA) is 80.6 Å². The lowest BCUT2D eigenvalue weighted by Gasteiger charge is -2.17. The molecule has 0 aliphatic rings. The molecule has 0 saturated carbocycles. The predicted octanol–water partition coefficient (Wildman–Crippen LogP) is 6.28. The quantitative estimate of drug-likeness (QED) is 0.150. The fraction of sp³-hybridized carbons (Fsp3) is 0.207. The first-order chi connectivity index (χ1) is 19.0. The summed E-state index contributed by atoms with van der Waals surface area (Å²) < 4.78 is 60.8. The average molecular weight is 556 g/mol. The van der Waals surface area contributed by atoms with Gasteiger partial charge >= 0.3 is 6.18 Å². The molecule has 1 aromatic heterocycles. The van der Waals surface area contributed by atoms with Crippen LogP contribution in [0, 0.1) is 5.82 Å². The number of hydrogen-bond donors (Lipinski definition) is 1. The summed E-state index contributed by atoms with van der Waals surface area (Å²) in [5.41, 5.74) is -0.620. The number of carbonyl (C=O) groups excluding carboxylic acids is 3. The Morgan fingerprint density at radius 2 is 1.60 bits per heavy atom. The van der Waals surface area contributed by atoms with E-state index in [4.69, 9.17) is 4.74 Å². The van der Waals surface area contributed by atoms with Gasteiger partial charge in [0, 0.05) is 41.9 Å². The van der Waals surface area contributed by atoms with Crippen LogP contribution in [0.25, 0.3) is 10.9 Å². The lowest BCUT2D eigenvalue weighted by molar-refractivity contribution is -0.137. The smallest absolute Gasteiger partial charge is 0.416 e. The normalized spacial score (nSPS) is 11.3. The molecule has 4 rings (SSSR count). The van der Waals surface area contributed by atoms with Gasteiger partial charge in [-0.3, -0.25) is 14.4 Å². The fourth-order valence-electron chi connectivity index (χ4n) is 4.22. The number of anilines is 1. The molecule has 0 spiro atoms. The van der Waals surface area contributed by atoms with Crippen molar-refractivity contribution in [1.82, 2.24) is 9.47 Å². The van der Waals surface area contributed by atoms with E-state index in [2.05, 4.69) is 5.32 Å². The number of likely N-dealkylation sites (N-methyl/N-ethyl adjacent to an activating group) is 1. The van der Waals surface area contributed by atoms with E-state index in [-0.39, 0.29) is 29.3 Å². The number of nitrogens with one attached hydrogen (secondary N) is 1. The maximum absolute atomic E-state index is 13.6. The molecule has 0 radical (unpaired) electrons. The third-order valence-corrected chi connectivity index (χ3v) is 6.16. The lowest BCUT2D eigenvalue weighted by Crippen LogP contribution is -2.36. The first kappa shape index (κ1) is 28.3. The zero-order valence-corrected chi connectivity index (χ0v) is 21.6. The molecule has 4 aromatic rings. The number of halogens is 4. The summed E-state index contributed by atoms with van der Waals surface area (Å²) in [6, 6.07) is 14.2. The molecule has 40 heavy (non-hydrogen) atoms. The molecule has 0 unspecified atom stereocenters. The van der Waals surface area contributed by atoms with Crippen LogP contribution in [0.3, 0.4) is 0 Å². The standard InChI is InChI=1S/C29H25F4N3O4/c1-3-35(4-2)28(39)27(38)24-16-36(25-8-6-5-7-23(24)25)17-26(37)34-20-13-18(29(31,32)33)14-22(15-20)40-21-11-9-19(30)10-12-21/h5-16H,3-4,17H2,1-2H3,(H,34,37). The zero-order valence-electron chi connectivity index (χ0n) is 21.6. The van der Waals surface area contributed by atoms with Crippen molar-refractivity contribution < 1.29 is 36.7 Å². The number of fused-ring (bicyclic) bond motifs is 1. The van der Waals surface area contributed by atoms with E-state index in [0.717, 1.165) is 24.3 Å². The highest BCUT2D eigenvalue weighted by atomic mass is 19.4. The molecule has 0 aliphatic carbocycles. The number of rotatable bonds is 9. The molecule has 2 amide bonds. The number of amides is 2. The highest BCUT2D eigenvalue weighted by molar-refractivity contribution is 6.44. The summed E-state index contributed by atoms with van der Waals surface area (Å²) in [6.07, 6.45) is -3.34. The van der Waals surface area contributed by atoms with Crippen LogP contribution in [-0.2, 0) is 22.3 Å². The first-order valence-corrected chi connectivity index (χ1v) is 12.4. The maximum atomic E-state index is 13.6. The Bertz CT molecular complexity index is 1560. The lowest BCUT2D eigenvalue weighted by atomic mass is 10.1. The Morgan fingerprint density at radius 3 is 2.25 bits per heavy atom. The summed E-state index contributed by atoms with van der Waals surface area (Å²) in [5.74, 6) is -2.72. The van der Waals surface area contributed by atoms with Crippen LogP contribution < -0.4 is 10.1 Å². The van der Waals surface area contributed by atoms with Crippen LogP contribution in [0.4, 0.5) is 23.2 Å². The largest absolute Gasteiger partial charge is 0.457 e. The predicted molar refractivity (Wildman–Crippen MR) is 141 cm³/mol. The summed E-state index contributed by atoms with van der Waals surface area (Å²) in [6.45, 7) is 3.87. The second-order valence-electron chi connectivity index (χ2n) is 8.84. The molecule has 0 saturated heterocycles. The second kappa shape index (κ2) is 11.6. The molecule has 11 heteroatoms. The number of nitrogens with zero attached hydrogens (tertiary/aromatic N) is 2. The van der Waals surface area contributed by atoms with Crippen molar-refractivity contribution in [2.75, 3.05) is 18.4 Å². The van der Waals surface area contributed by atoms with E-state index < -0.39 is 35.2 Å². The summed E-state index contributed by atoms with van der Waals surface area (Å²) in [4.78, 5) is 40.0. The van der Waals surface area contributed by atoms with Crippen LogP contribution in [0.1, 0.15) is 29.8 Å². The van der Waals surface area contributed by atoms with Crippen LogP contribution in [0.15, 0.2) is 72.9 Å². The molecule has 1 N–H and O–H groups in total. The summed E-state index contributed by atoms with van der Waals surface area (Å²) in [5, 5.41) is 2.91. The highest BCUT2D eigenvalue weighted by Gasteiger charge is 2.32. The Hall–Kier alpha value is -4.67. The summed E-state index contributed by atoms with van der Waals surface area (Å²) in [7, 11) is 0. The van der Waals surface area contributed by atoms with Crippen molar-refractivity contribution >= 4 is 34.2 Å². The fourth-order valence-corrected chi connectivity index (χ4v) is 4.22. The van der Waals surface area contributed by atoms with Gasteiger partial charge in [0.15, 0.2) is 0 Å². The monoisotopic (exact) mass is 555 g/mol. The minimum absolute atomic E-state index is 0.105. The molecule has 0 fully saturated rings. The van der Waals surface area contributed by atoms with Crippen LogP contribution in [-0.4, -0.2) is 40.2 Å². The van der Waals surface area contributed by atoms with E-state index in [0.29, 0.717) is 24.0 Å². The van der Waals surface area contributed by atoms with Gasteiger partial charge in [-0.25, -0.2) is 4.39 Å². The van der Waals surface area contributed by atoms with Crippen molar-refractivity contribution in [2.45, 2.75) is 26.6 Å². The van der Waals surface area contributed by atoms with Crippen LogP contribution in [0.2, 0.25) is 0 Å². The first-order valence-electron chi connectivity index (χ1n) is 12.4. The van der Waals surface area contributed by atoms with Gasteiger partial charge in [-0.1, -0.05) is 18.2 Å². The minimum atomic E-state index is -4.73. The van der Waals surface area contributed by atoms with E-state index in [1.165, 1.54) is 33.9 Å². The number of Topliss-reactive ketones (excluding diaryl/α,β-unsaturated/α-hetero) is 1. The number of para-hydroxylation sites is 1. The van der Waals surface area contributed by atoms with Crippen molar-refractivity contribution in [3.8, 4) is 11.5 Å². The number of ketones is 1. The second-order valence-corrected chi connectivity index (χ2v) is 8.84. The number of hydrogen-bond acceptors (Lipinski definition) is 4. The van der Waals surface area contributed by atoms with Gasteiger partial charge in [-0.05, 0) is 56.3 Å². The molecular formula is C29H25F4N3O4. The summed E-state index contributed by atoms with van der Waals surface area (Å²) >= 11 is 0. The molecular weight excluding hydrogens is 530 g/mol. The van der Waals surface area contributed by atoms with Gasteiger partial charge in [-0.15, -0.1) is 0 Å². The highest BCUT2D eigenvalue weighted by Crippen LogP contribution is 2.35. The van der Waals surface area contributed by atoms with Crippen molar-refractivity contribution in [1.29, 1.82) is 0 Å². The van der Waals surface area contributed by atoms with Crippen molar-refractivity contribution in [2.24, 2.45) is 0 Å². The number of alkyl halides is 3. The molecule has 1 heterocycles. The van der Waals surface area contributed by atoms with E-state index in [1.807, 2.05) is 0 Å².